The summed E-state index contributed by atoms with van der Waals surface area (Å²) in [4.78, 5) is 0. The van der Waals surface area contributed by atoms with Crippen molar-refractivity contribution in [3.63, 3.8) is 0 Å². The molecule has 0 amide bonds. The highest BCUT2D eigenvalue weighted by Crippen LogP contribution is 2.14. The van der Waals surface area contributed by atoms with Gasteiger partial charge in [-0.3, -0.25) is 0 Å². The normalized spacial score (nSPS) is 12.0. The van der Waals surface area contributed by atoms with E-state index < -0.39 is 0 Å². The monoisotopic (exact) mass is 185 g/mol. The van der Waals surface area contributed by atoms with Crippen molar-refractivity contribution in [1.29, 1.82) is 0 Å². The molecule has 1 aromatic rings. The van der Waals surface area contributed by atoms with E-state index in [1.165, 1.54) is 0 Å². The maximum atomic E-state index is 5.33. The first-order valence-corrected chi connectivity index (χ1v) is 4.14. The summed E-state index contributed by atoms with van der Waals surface area (Å²) >= 11 is 0. The van der Waals surface area contributed by atoms with Gasteiger partial charge in [-0.2, -0.15) is 0 Å². The maximum Gasteiger partial charge on any atom is 0.230 e. The Morgan fingerprint density at radius 3 is 2.46 bits per heavy atom. The van der Waals surface area contributed by atoms with Gasteiger partial charge in [0.05, 0.1) is 18.6 Å². The predicted octanol–water partition coefficient (Wildman–Crippen LogP) is 0.496. The maximum absolute atomic E-state index is 5.33. The zero-order chi connectivity index (χ0) is 9.90. The molecule has 0 saturated carbocycles. The van der Waals surface area contributed by atoms with Gasteiger partial charge >= 0.3 is 0 Å². The second-order valence-electron chi connectivity index (χ2n) is 3.43. The van der Waals surface area contributed by atoms with Gasteiger partial charge in [-0.25, -0.2) is 0 Å². The number of nitrogens with two attached hydrogens (primary N) is 1. The third kappa shape index (κ3) is 2.78. The molecule has 5 heteroatoms. The van der Waals surface area contributed by atoms with Crippen molar-refractivity contribution >= 4 is 0 Å². The Morgan fingerprint density at radius 1 is 1.38 bits per heavy atom. The standard InChI is InChI=1S/C8H15N3O2/c1-8(2,12-3)4-6-10-11-7(5-9)13-6/h4-5,9H2,1-3H3. The fourth-order valence-corrected chi connectivity index (χ4v) is 0.879. The lowest BCUT2D eigenvalue weighted by atomic mass is 10.1. The van der Waals surface area contributed by atoms with Gasteiger partial charge in [-0.15, -0.1) is 10.2 Å². The van der Waals surface area contributed by atoms with Crippen LogP contribution in [-0.4, -0.2) is 22.9 Å². The average Bonchev–Trinajstić information content (AvgIpc) is 2.52. The Bertz CT molecular complexity index is 270. The number of ether oxygens (including phenoxy) is 1. The van der Waals surface area contributed by atoms with Gasteiger partial charge in [0.2, 0.25) is 11.8 Å². The Labute approximate surface area is 77.3 Å². The summed E-state index contributed by atoms with van der Waals surface area (Å²) in [6.45, 7) is 4.19. The van der Waals surface area contributed by atoms with Crippen molar-refractivity contribution in [3.8, 4) is 0 Å². The molecule has 0 unspecified atom stereocenters. The highest BCUT2D eigenvalue weighted by atomic mass is 16.5. The molecule has 0 atom stereocenters. The summed E-state index contributed by atoms with van der Waals surface area (Å²) in [6, 6.07) is 0. The van der Waals surface area contributed by atoms with Crippen LogP contribution in [0, 0.1) is 0 Å². The average molecular weight is 185 g/mol. The third-order valence-corrected chi connectivity index (χ3v) is 1.81. The summed E-state index contributed by atoms with van der Waals surface area (Å²) in [5, 5.41) is 7.60. The van der Waals surface area contributed by atoms with Crippen molar-refractivity contribution in [3.05, 3.63) is 11.8 Å². The highest BCUT2D eigenvalue weighted by molar-refractivity contribution is 4.87. The molecule has 74 valence electrons. The zero-order valence-corrected chi connectivity index (χ0v) is 8.20. The van der Waals surface area contributed by atoms with Gasteiger partial charge in [-0.1, -0.05) is 0 Å². The second kappa shape index (κ2) is 3.85. The molecule has 0 aliphatic heterocycles. The van der Waals surface area contributed by atoms with E-state index in [0.29, 0.717) is 18.2 Å². The summed E-state index contributed by atoms with van der Waals surface area (Å²) in [5.74, 6) is 1.02. The van der Waals surface area contributed by atoms with E-state index in [2.05, 4.69) is 10.2 Å². The van der Waals surface area contributed by atoms with Gasteiger partial charge in [-0.05, 0) is 13.8 Å². The molecule has 2 N–H and O–H groups in total. The molecule has 0 bridgehead atoms. The smallest absolute Gasteiger partial charge is 0.230 e. The number of aromatic nitrogens is 2. The molecule has 0 spiro atoms. The van der Waals surface area contributed by atoms with Gasteiger partial charge in [0.15, 0.2) is 0 Å². The lowest BCUT2D eigenvalue weighted by Gasteiger charge is -2.20. The quantitative estimate of drug-likeness (QED) is 0.739. The van der Waals surface area contributed by atoms with Gasteiger partial charge in [0.1, 0.15) is 0 Å². The fraction of sp³-hybridized carbons (Fsp3) is 0.750. The summed E-state index contributed by atoms with van der Waals surface area (Å²) in [5.41, 5.74) is 5.05. The first kappa shape index (κ1) is 10.1. The minimum atomic E-state index is -0.279. The molecule has 1 aromatic heterocycles. The van der Waals surface area contributed by atoms with Gasteiger partial charge in [0, 0.05) is 7.11 Å². The first-order valence-electron chi connectivity index (χ1n) is 4.14. The molecule has 0 aliphatic carbocycles. The van der Waals surface area contributed by atoms with Gasteiger partial charge < -0.3 is 14.9 Å². The molecular formula is C8H15N3O2. The largest absolute Gasteiger partial charge is 0.424 e. The topological polar surface area (TPSA) is 74.2 Å². The molecule has 0 aromatic carbocycles. The van der Waals surface area contributed by atoms with Crippen LogP contribution in [0.4, 0.5) is 0 Å². The van der Waals surface area contributed by atoms with Crippen LogP contribution >= 0.6 is 0 Å². The van der Waals surface area contributed by atoms with Crippen LogP contribution in [0.5, 0.6) is 0 Å². The molecule has 0 radical (unpaired) electrons. The molecule has 0 saturated heterocycles. The Kier molecular flexibility index (Phi) is 3.00. The number of rotatable bonds is 4. The fourth-order valence-electron chi connectivity index (χ4n) is 0.879. The van der Waals surface area contributed by atoms with E-state index in [4.69, 9.17) is 14.9 Å². The van der Waals surface area contributed by atoms with E-state index in [1.807, 2.05) is 13.8 Å². The Morgan fingerprint density at radius 2 is 2.00 bits per heavy atom. The van der Waals surface area contributed by atoms with Gasteiger partial charge in [0.25, 0.3) is 0 Å². The molecule has 1 rings (SSSR count). The second-order valence-corrected chi connectivity index (χ2v) is 3.43. The lowest BCUT2D eigenvalue weighted by molar-refractivity contribution is 0.0179. The summed E-state index contributed by atoms with van der Waals surface area (Å²) < 4.78 is 10.5. The van der Waals surface area contributed by atoms with E-state index in [9.17, 15) is 0 Å². The molecular weight excluding hydrogens is 170 g/mol. The molecule has 5 nitrogen and oxygen atoms in total. The number of nitrogens with zero attached hydrogens (tertiary/aromatic N) is 2. The molecule has 1 heterocycles. The number of hydrogen-bond acceptors (Lipinski definition) is 5. The van der Waals surface area contributed by atoms with Crippen LogP contribution in [0.2, 0.25) is 0 Å². The third-order valence-electron chi connectivity index (χ3n) is 1.81. The van der Waals surface area contributed by atoms with E-state index in [1.54, 1.807) is 7.11 Å². The van der Waals surface area contributed by atoms with Crippen molar-refractivity contribution in [1.82, 2.24) is 10.2 Å². The molecule has 13 heavy (non-hydrogen) atoms. The van der Waals surface area contributed by atoms with Crippen molar-refractivity contribution in [2.24, 2.45) is 5.73 Å². The molecule has 0 fully saturated rings. The Hall–Kier alpha value is -0.940. The van der Waals surface area contributed by atoms with Crippen LogP contribution < -0.4 is 5.73 Å². The van der Waals surface area contributed by atoms with E-state index in [0.717, 1.165) is 0 Å². The van der Waals surface area contributed by atoms with E-state index >= 15 is 0 Å². The minimum absolute atomic E-state index is 0.278. The van der Waals surface area contributed by atoms with Crippen molar-refractivity contribution in [2.45, 2.75) is 32.4 Å². The van der Waals surface area contributed by atoms with Crippen LogP contribution in [0.15, 0.2) is 4.42 Å². The van der Waals surface area contributed by atoms with Crippen molar-refractivity contribution < 1.29 is 9.15 Å². The van der Waals surface area contributed by atoms with E-state index in [-0.39, 0.29) is 12.1 Å². The van der Waals surface area contributed by atoms with Crippen LogP contribution in [0.25, 0.3) is 0 Å². The van der Waals surface area contributed by atoms with Crippen LogP contribution in [0.1, 0.15) is 25.6 Å². The Balaban J connectivity index is 2.63. The van der Waals surface area contributed by atoms with Crippen LogP contribution in [0.3, 0.4) is 0 Å². The summed E-state index contributed by atoms with van der Waals surface area (Å²) in [6.07, 6.45) is 0.594. The number of methoxy groups -OCH3 is 1. The highest BCUT2D eigenvalue weighted by Gasteiger charge is 2.20. The number of hydrogen-bond donors (Lipinski definition) is 1. The minimum Gasteiger partial charge on any atom is -0.424 e. The molecule has 0 aliphatic rings. The zero-order valence-electron chi connectivity index (χ0n) is 8.20. The summed E-state index contributed by atoms with van der Waals surface area (Å²) in [7, 11) is 1.65. The SMILES string of the molecule is COC(C)(C)Cc1nnc(CN)o1. The van der Waals surface area contributed by atoms with Crippen LogP contribution in [-0.2, 0) is 17.7 Å². The first-order chi connectivity index (χ1) is 6.07. The predicted molar refractivity (Wildman–Crippen MR) is 47.0 cm³/mol. The van der Waals surface area contributed by atoms with Crippen molar-refractivity contribution in [2.75, 3.05) is 7.11 Å². The lowest BCUT2D eigenvalue weighted by Crippen LogP contribution is -2.25.